The fraction of sp³-hybridized carbons (Fsp3) is 0.429. The highest BCUT2D eigenvalue weighted by Crippen LogP contribution is 2.54. The van der Waals surface area contributed by atoms with Crippen LogP contribution in [0, 0.1) is 11.7 Å². The van der Waals surface area contributed by atoms with Crippen LogP contribution in [0.4, 0.5) is 10.3 Å². The van der Waals surface area contributed by atoms with Crippen LogP contribution in [0.3, 0.4) is 0 Å². The molecule has 1 saturated heterocycles. The predicted molar refractivity (Wildman–Crippen MR) is 104 cm³/mol. The van der Waals surface area contributed by atoms with Crippen molar-refractivity contribution >= 4 is 17.8 Å². The molecule has 150 valence electrons. The van der Waals surface area contributed by atoms with Gasteiger partial charge in [-0.25, -0.2) is 14.4 Å². The maximum absolute atomic E-state index is 13.0. The standard InChI is InChI=1S/C21H22FN5O2/c22-14-11-23-21(24-12-14)27-9-7-26(8-10-27)20(29)19(28)25-18-16-6-5-13-3-1-2-4-15(13)17(16)18/h1-4,11-12,16-18H,5-10H2,(H,25,28). The van der Waals surface area contributed by atoms with Crippen molar-refractivity contribution in [2.45, 2.75) is 24.8 Å². The van der Waals surface area contributed by atoms with Gasteiger partial charge in [0.15, 0.2) is 5.82 Å². The molecule has 5 rings (SSSR count). The Kier molecular flexibility index (Phi) is 4.41. The second kappa shape index (κ2) is 7.09. The summed E-state index contributed by atoms with van der Waals surface area (Å²) in [5, 5.41) is 2.97. The number of nitrogens with one attached hydrogen (secondary N) is 1. The summed E-state index contributed by atoms with van der Waals surface area (Å²) in [6.07, 6.45) is 4.34. The van der Waals surface area contributed by atoms with Crippen LogP contribution in [0.1, 0.15) is 23.5 Å². The molecular weight excluding hydrogens is 373 g/mol. The van der Waals surface area contributed by atoms with Crippen molar-refractivity contribution in [3.8, 4) is 0 Å². The Hall–Kier alpha value is -3.03. The zero-order valence-electron chi connectivity index (χ0n) is 15.9. The third-order valence-electron chi connectivity index (χ3n) is 6.28. The van der Waals surface area contributed by atoms with Gasteiger partial charge in [0.25, 0.3) is 0 Å². The largest absolute Gasteiger partial charge is 0.344 e. The zero-order chi connectivity index (χ0) is 20.0. The van der Waals surface area contributed by atoms with E-state index < -0.39 is 17.6 Å². The lowest BCUT2D eigenvalue weighted by Crippen LogP contribution is -2.53. The number of rotatable bonds is 2. The molecule has 1 aliphatic heterocycles. The second-order valence-electron chi connectivity index (χ2n) is 7.91. The predicted octanol–water partition coefficient (Wildman–Crippen LogP) is 1.11. The summed E-state index contributed by atoms with van der Waals surface area (Å²) in [5.41, 5.74) is 2.67. The number of amides is 2. The lowest BCUT2D eigenvalue weighted by atomic mass is 9.92. The van der Waals surface area contributed by atoms with Gasteiger partial charge in [0.05, 0.1) is 12.4 Å². The lowest BCUT2D eigenvalue weighted by molar-refractivity contribution is -0.146. The molecule has 29 heavy (non-hydrogen) atoms. The van der Waals surface area contributed by atoms with Crippen molar-refractivity contribution < 1.29 is 14.0 Å². The Morgan fingerprint density at radius 1 is 1.07 bits per heavy atom. The number of carbonyl (C=O) groups is 2. The van der Waals surface area contributed by atoms with Gasteiger partial charge in [0.1, 0.15) is 0 Å². The van der Waals surface area contributed by atoms with E-state index in [2.05, 4.69) is 33.5 Å². The number of nitrogens with zero attached hydrogens (tertiary/aromatic N) is 4. The number of aromatic nitrogens is 2. The first kappa shape index (κ1) is 18.0. The van der Waals surface area contributed by atoms with Crippen LogP contribution in [0.15, 0.2) is 36.7 Å². The number of hydrogen-bond donors (Lipinski definition) is 1. The third-order valence-corrected chi connectivity index (χ3v) is 6.28. The number of hydrogen-bond acceptors (Lipinski definition) is 5. The van der Waals surface area contributed by atoms with Gasteiger partial charge in [-0.05, 0) is 29.9 Å². The molecule has 7 nitrogen and oxygen atoms in total. The Labute approximate surface area is 167 Å². The molecule has 3 aliphatic rings. The molecule has 1 saturated carbocycles. The highest BCUT2D eigenvalue weighted by atomic mass is 19.1. The van der Waals surface area contributed by atoms with Crippen LogP contribution in [0.25, 0.3) is 0 Å². The van der Waals surface area contributed by atoms with E-state index in [9.17, 15) is 14.0 Å². The molecule has 2 heterocycles. The molecule has 8 heteroatoms. The molecule has 0 radical (unpaired) electrons. The number of benzene rings is 1. The van der Waals surface area contributed by atoms with E-state index >= 15 is 0 Å². The fourth-order valence-electron chi connectivity index (χ4n) is 4.70. The SMILES string of the molecule is O=C(NC1C2CCc3ccccc3C21)C(=O)N1CCN(c2ncc(F)cn2)CC1. The summed E-state index contributed by atoms with van der Waals surface area (Å²) in [6, 6.07) is 8.43. The summed E-state index contributed by atoms with van der Waals surface area (Å²) in [4.78, 5) is 36.6. The number of halogens is 1. The summed E-state index contributed by atoms with van der Waals surface area (Å²) in [5.74, 6) is -0.278. The molecule has 1 aromatic heterocycles. The number of aryl methyl sites for hydroxylation is 1. The number of fused-ring (bicyclic) bond motifs is 3. The summed E-state index contributed by atoms with van der Waals surface area (Å²) >= 11 is 0. The second-order valence-corrected chi connectivity index (χ2v) is 7.91. The van der Waals surface area contributed by atoms with Crippen molar-refractivity contribution in [2.75, 3.05) is 31.1 Å². The van der Waals surface area contributed by atoms with E-state index in [-0.39, 0.29) is 6.04 Å². The minimum atomic E-state index is -0.520. The quantitative estimate of drug-likeness (QED) is 0.771. The summed E-state index contributed by atoms with van der Waals surface area (Å²) in [6.45, 7) is 1.83. The van der Waals surface area contributed by atoms with E-state index in [1.165, 1.54) is 11.1 Å². The first-order valence-electron chi connectivity index (χ1n) is 10.0. The maximum atomic E-state index is 13.0. The molecular formula is C21H22FN5O2. The van der Waals surface area contributed by atoms with E-state index in [4.69, 9.17) is 0 Å². The van der Waals surface area contributed by atoms with Crippen molar-refractivity contribution in [2.24, 2.45) is 5.92 Å². The van der Waals surface area contributed by atoms with Gasteiger partial charge >= 0.3 is 11.8 Å². The first-order chi connectivity index (χ1) is 14.1. The highest BCUT2D eigenvalue weighted by molar-refractivity contribution is 6.35. The van der Waals surface area contributed by atoms with Gasteiger partial charge in [-0.3, -0.25) is 9.59 Å². The normalized spacial score (nSPS) is 25.1. The minimum absolute atomic E-state index is 0.0593. The Bertz CT molecular complexity index is 942. The number of carbonyl (C=O) groups excluding carboxylic acids is 2. The minimum Gasteiger partial charge on any atom is -0.344 e. The fourth-order valence-corrected chi connectivity index (χ4v) is 4.70. The third kappa shape index (κ3) is 3.32. The van der Waals surface area contributed by atoms with Gasteiger partial charge in [0.2, 0.25) is 5.95 Å². The molecule has 2 aromatic rings. The molecule has 3 unspecified atom stereocenters. The summed E-state index contributed by atoms with van der Waals surface area (Å²) < 4.78 is 13.0. The molecule has 0 spiro atoms. The van der Waals surface area contributed by atoms with Crippen molar-refractivity contribution in [1.82, 2.24) is 20.2 Å². The van der Waals surface area contributed by atoms with Crippen LogP contribution in [-0.2, 0) is 16.0 Å². The Balaban J connectivity index is 1.16. The molecule has 2 fully saturated rings. The van der Waals surface area contributed by atoms with E-state index in [0.29, 0.717) is 44.0 Å². The molecule has 2 amide bonds. The molecule has 0 bridgehead atoms. The first-order valence-corrected chi connectivity index (χ1v) is 10.0. The van der Waals surface area contributed by atoms with Crippen LogP contribution < -0.4 is 10.2 Å². The molecule has 2 aliphatic carbocycles. The smallest absolute Gasteiger partial charge is 0.312 e. The molecule has 1 N–H and O–H groups in total. The van der Waals surface area contributed by atoms with E-state index in [1.54, 1.807) is 4.90 Å². The van der Waals surface area contributed by atoms with Gasteiger partial charge in [-0.2, -0.15) is 0 Å². The van der Waals surface area contributed by atoms with Crippen molar-refractivity contribution in [3.63, 3.8) is 0 Å². The van der Waals surface area contributed by atoms with Gasteiger partial charge in [0, 0.05) is 38.1 Å². The van der Waals surface area contributed by atoms with Crippen molar-refractivity contribution in [3.05, 3.63) is 53.6 Å². The Morgan fingerprint density at radius 2 is 1.79 bits per heavy atom. The van der Waals surface area contributed by atoms with Crippen molar-refractivity contribution in [1.29, 1.82) is 0 Å². The molecule has 3 atom stereocenters. The lowest BCUT2D eigenvalue weighted by Gasteiger charge is -2.34. The van der Waals surface area contributed by atoms with Crippen LogP contribution in [-0.4, -0.2) is 58.9 Å². The average Bonchev–Trinajstić information content (AvgIpc) is 3.47. The summed E-state index contributed by atoms with van der Waals surface area (Å²) in [7, 11) is 0. The van der Waals surface area contributed by atoms with Crippen LogP contribution in [0.2, 0.25) is 0 Å². The average molecular weight is 395 g/mol. The highest BCUT2D eigenvalue weighted by Gasteiger charge is 2.54. The number of anilines is 1. The zero-order valence-corrected chi connectivity index (χ0v) is 15.9. The van der Waals surface area contributed by atoms with E-state index in [0.717, 1.165) is 25.2 Å². The van der Waals surface area contributed by atoms with Gasteiger partial charge in [-0.15, -0.1) is 0 Å². The number of piperazine rings is 1. The Morgan fingerprint density at radius 3 is 2.55 bits per heavy atom. The topological polar surface area (TPSA) is 78.4 Å². The monoisotopic (exact) mass is 395 g/mol. The maximum Gasteiger partial charge on any atom is 0.312 e. The van der Waals surface area contributed by atoms with Gasteiger partial charge < -0.3 is 15.1 Å². The van der Waals surface area contributed by atoms with Crippen LogP contribution in [0.5, 0.6) is 0 Å². The molecule has 1 aromatic carbocycles. The van der Waals surface area contributed by atoms with Gasteiger partial charge in [-0.1, -0.05) is 24.3 Å². The van der Waals surface area contributed by atoms with E-state index in [1.807, 2.05) is 11.0 Å². The van der Waals surface area contributed by atoms with Crippen LogP contribution >= 0.6 is 0 Å².